The summed E-state index contributed by atoms with van der Waals surface area (Å²) in [5.41, 5.74) is 4.84. The average Bonchev–Trinajstić information content (AvgIpc) is 2.41. The van der Waals surface area contributed by atoms with Crippen LogP contribution in [-0.4, -0.2) is 22.1 Å². The van der Waals surface area contributed by atoms with Crippen molar-refractivity contribution in [1.29, 1.82) is 0 Å². The van der Waals surface area contributed by atoms with Crippen molar-refractivity contribution in [1.82, 2.24) is 4.98 Å². The zero-order valence-electron chi connectivity index (χ0n) is 6.73. The largest absolute Gasteiger partial charge is 0.480 e. The molecule has 0 amide bonds. The van der Waals surface area contributed by atoms with E-state index in [1.807, 2.05) is 24.5 Å². The normalized spacial score (nSPS) is 10.2. The van der Waals surface area contributed by atoms with Crippen molar-refractivity contribution < 1.29 is 9.90 Å². The number of halogens is 1. The van der Waals surface area contributed by atoms with E-state index in [2.05, 4.69) is 4.98 Å². The first-order valence-electron chi connectivity index (χ1n) is 3.20. The number of hydrogen-bond donors (Lipinski definition) is 3. The molecule has 0 unspecified atom stereocenters. The second-order valence-electron chi connectivity index (χ2n) is 2.01. The van der Waals surface area contributed by atoms with E-state index in [1.165, 1.54) is 6.92 Å². The predicted molar refractivity (Wildman–Crippen MR) is 49.3 cm³/mol. The molecule has 1 rings (SSSR count). The van der Waals surface area contributed by atoms with Crippen molar-refractivity contribution in [3.63, 3.8) is 0 Å². The van der Waals surface area contributed by atoms with Gasteiger partial charge in [0, 0.05) is 12.4 Å². The summed E-state index contributed by atoms with van der Waals surface area (Å²) in [5, 5.41) is 7.87. The molecule has 4 N–H and O–H groups in total. The summed E-state index contributed by atoms with van der Waals surface area (Å²) in [7, 11) is 0. The van der Waals surface area contributed by atoms with Crippen molar-refractivity contribution in [3.05, 3.63) is 24.5 Å². The zero-order valence-corrected chi connectivity index (χ0v) is 7.54. The van der Waals surface area contributed by atoms with Gasteiger partial charge in [-0.25, -0.2) is 0 Å². The number of rotatable bonds is 1. The highest BCUT2D eigenvalue weighted by Crippen LogP contribution is 1.72. The summed E-state index contributed by atoms with van der Waals surface area (Å²) in [4.78, 5) is 12.4. The number of nitrogens with one attached hydrogen (secondary N) is 1. The molecule has 12 heavy (non-hydrogen) atoms. The van der Waals surface area contributed by atoms with Crippen LogP contribution in [0.25, 0.3) is 0 Å². The Morgan fingerprint density at radius 3 is 1.92 bits per heavy atom. The summed E-state index contributed by atoms with van der Waals surface area (Å²) in [6, 6.07) is 3.16. The molecule has 4 nitrogen and oxygen atoms in total. The number of H-pyrrole nitrogens is 1. The Kier molecular flexibility index (Phi) is 9.17. The molecule has 70 valence electrons. The molecule has 0 aliphatic heterocycles. The molecule has 5 heteroatoms. The Bertz CT molecular complexity index is 170. The van der Waals surface area contributed by atoms with Crippen molar-refractivity contribution >= 4 is 18.4 Å². The number of hydrogen-bond acceptors (Lipinski definition) is 2. The van der Waals surface area contributed by atoms with Gasteiger partial charge in [-0.3, -0.25) is 4.79 Å². The highest BCUT2D eigenvalue weighted by molar-refractivity contribution is 5.85. The summed E-state index contributed by atoms with van der Waals surface area (Å²) in [6.45, 7) is 1.42. The van der Waals surface area contributed by atoms with Crippen LogP contribution in [0.1, 0.15) is 6.92 Å². The van der Waals surface area contributed by atoms with Gasteiger partial charge in [-0.2, -0.15) is 0 Å². The van der Waals surface area contributed by atoms with Gasteiger partial charge < -0.3 is 15.8 Å². The number of aromatic nitrogens is 1. The number of carbonyl (C=O) groups is 1. The average molecular weight is 193 g/mol. The molecule has 1 heterocycles. The van der Waals surface area contributed by atoms with Crippen LogP contribution in [0.4, 0.5) is 0 Å². The molecule has 0 aliphatic carbocycles. The molecular formula is C7H13ClN2O2. The van der Waals surface area contributed by atoms with Gasteiger partial charge in [-0.05, 0) is 19.1 Å². The van der Waals surface area contributed by atoms with Crippen LogP contribution < -0.4 is 5.73 Å². The maximum Gasteiger partial charge on any atom is 0.320 e. The third-order valence-corrected chi connectivity index (χ3v) is 0.886. The van der Waals surface area contributed by atoms with Crippen molar-refractivity contribution in [2.45, 2.75) is 13.0 Å². The van der Waals surface area contributed by atoms with Crippen LogP contribution in [0.5, 0.6) is 0 Å². The lowest BCUT2D eigenvalue weighted by Crippen LogP contribution is -2.25. The highest BCUT2D eigenvalue weighted by Gasteiger charge is 1.99. The second-order valence-corrected chi connectivity index (χ2v) is 2.01. The first-order chi connectivity index (χ1) is 5.14. The van der Waals surface area contributed by atoms with Crippen LogP contribution in [0, 0.1) is 0 Å². The third kappa shape index (κ3) is 9.00. The van der Waals surface area contributed by atoms with Gasteiger partial charge in [0.1, 0.15) is 6.04 Å². The second kappa shape index (κ2) is 8.10. The highest BCUT2D eigenvalue weighted by atomic mass is 35.5. The van der Waals surface area contributed by atoms with Gasteiger partial charge in [0.15, 0.2) is 0 Å². The third-order valence-electron chi connectivity index (χ3n) is 0.886. The van der Waals surface area contributed by atoms with Gasteiger partial charge in [-0.1, -0.05) is 0 Å². The molecule has 0 bridgehead atoms. The van der Waals surface area contributed by atoms with Crippen LogP contribution >= 0.6 is 12.4 Å². The van der Waals surface area contributed by atoms with E-state index in [9.17, 15) is 4.79 Å². The Balaban J connectivity index is 0. The Labute approximate surface area is 77.2 Å². The number of carboxylic acids is 1. The number of aromatic amines is 1. The monoisotopic (exact) mass is 192 g/mol. The fraction of sp³-hybridized carbons (Fsp3) is 0.286. The van der Waals surface area contributed by atoms with E-state index >= 15 is 0 Å². The maximum absolute atomic E-state index is 9.57. The molecule has 0 fully saturated rings. The van der Waals surface area contributed by atoms with E-state index < -0.39 is 12.0 Å². The fourth-order valence-corrected chi connectivity index (χ4v) is 0.278. The lowest BCUT2D eigenvalue weighted by molar-refractivity contribution is -0.138. The fourth-order valence-electron chi connectivity index (χ4n) is 0.278. The molecule has 0 spiro atoms. The molecule has 1 aromatic heterocycles. The van der Waals surface area contributed by atoms with Gasteiger partial charge in [0.25, 0.3) is 0 Å². The minimum atomic E-state index is -0.963. The zero-order chi connectivity index (χ0) is 8.69. The Morgan fingerprint density at radius 2 is 1.83 bits per heavy atom. The van der Waals surface area contributed by atoms with Crippen LogP contribution in [0.2, 0.25) is 0 Å². The van der Waals surface area contributed by atoms with Crippen molar-refractivity contribution in [2.75, 3.05) is 0 Å². The molecule has 0 saturated heterocycles. The molecule has 0 radical (unpaired) electrons. The topological polar surface area (TPSA) is 79.1 Å². The minimum Gasteiger partial charge on any atom is -0.480 e. The van der Waals surface area contributed by atoms with E-state index in [4.69, 9.17) is 10.8 Å². The predicted octanol–water partition coefficient (Wildman–Crippen LogP) is 0.855. The van der Waals surface area contributed by atoms with Crippen LogP contribution in [0.3, 0.4) is 0 Å². The number of nitrogens with two attached hydrogens (primary N) is 1. The molecule has 0 saturated carbocycles. The number of carboxylic acid groups (broad SMARTS) is 1. The summed E-state index contributed by atoms with van der Waals surface area (Å²) < 4.78 is 0. The molecule has 1 atom stereocenters. The van der Waals surface area contributed by atoms with E-state index in [1.54, 1.807) is 0 Å². The maximum atomic E-state index is 9.57. The number of aliphatic carboxylic acids is 1. The quantitative estimate of drug-likeness (QED) is 0.618. The Hall–Kier alpha value is -1.00. The molecule has 1 aromatic rings. The summed E-state index contributed by atoms with van der Waals surface area (Å²) in [6.07, 6.45) is 3.75. The summed E-state index contributed by atoms with van der Waals surface area (Å²) in [5.74, 6) is -0.963. The van der Waals surface area contributed by atoms with E-state index in [0.29, 0.717) is 0 Å². The van der Waals surface area contributed by atoms with Crippen molar-refractivity contribution in [3.8, 4) is 0 Å². The minimum absolute atomic E-state index is 0. The molecule has 0 aromatic carbocycles. The Morgan fingerprint density at radius 1 is 1.50 bits per heavy atom. The van der Waals surface area contributed by atoms with Gasteiger partial charge in [-0.15, -0.1) is 12.4 Å². The van der Waals surface area contributed by atoms with Crippen molar-refractivity contribution in [2.24, 2.45) is 5.73 Å². The smallest absolute Gasteiger partial charge is 0.320 e. The van der Waals surface area contributed by atoms with Crippen LogP contribution in [0.15, 0.2) is 24.5 Å². The lowest BCUT2D eigenvalue weighted by atomic mass is 10.4. The van der Waals surface area contributed by atoms with Gasteiger partial charge in [0.05, 0.1) is 0 Å². The lowest BCUT2D eigenvalue weighted by Gasteiger charge is -1.90. The molecule has 0 aliphatic rings. The SMILES string of the molecule is C[C@H](N)C(=O)O.Cl.c1cc[nH]c1. The first-order valence-corrected chi connectivity index (χ1v) is 3.20. The standard InChI is InChI=1S/C4H5N.C3H7NO2.ClH/c1-2-4-5-3-1;1-2(4)3(5)6;/h1-5H;2H,4H2,1H3,(H,5,6);1H/t;2-;/m.0./s1. The molecular weight excluding hydrogens is 180 g/mol. The first kappa shape index (κ1) is 13.6. The van der Waals surface area contributed by atoms with Crippen LogP contribution in [-0.2, 0) is 4.79 Å². The summed E-state index contributed by atoms with van der Waals surface area (Å²) >= 11 is 0. The van der Waals surface area contributed by atoms with Gasteiger partial charge in [0.2, 0.25) is 0 Å². The van der Waals surface area contributed by atoms with E-state index in [0.717, 1.165) is 0 Å². The van der Waals surface area contributed by atoms with E-state index in [-0.39, 0.29) is 12.4 Å². The van der Waals surface area contributed by atoms with Gasteiger partial charge >= 0.3 is 5.97 Å².